The zero-order valence-electron chi connectivity index (χ0n) is 11.3. The number of ether oxygens (including phenoxy) is 2. The summed E-state index contributed by atoms with van der Waals surface area (Å²) in [5.74, 6) is 1.56. The Morgan fingerprint density at radius 2 is 2.05 bits per heavy atom. The van der Waals surface area contributed by atoms with E-state index in [-0.39, 0.29) is 11.7 Å². The minimum Gasteiger partial charge on any atom is -0.493 e. The van der Waals surface area contributed by atoms with Gasteiger partial charge in [-0.1, -0.05) is 11.6 Å². The van der Waals surface area contributed by atoms with Crippen molar-refractivity contribution >= 4 is 33.3 Å². The molecule has 7 heteroatoms. The zero-order chi connectivity index (χ0) is 15.3. The monoisotopic (exact) mass is 384 g/mol. The van der Waals surface area contributed by atoms with Crippen LogP contribution in [0.5, 0.6) is 11.5 Å². The molecule has 3 heterocycles. The van der Waals surface area contributed by atoms with Crippen LogP contribution >= 0.6 is 27.5 Å². The van der Waals surface area contributed by atoms with Crippen molar-refractivity contribution in [3.8, 4) is 11.5 Å². The first kappa shape index (κ1) is 14.1. The SMILES string of the molecule is Fc1ccc2c3c1CNc1nc(Cl)c(Br)cc1OC[C@H]3CO2. The van der Waals surface area contributed by atoms with Crippen LogP contribution in [0.2, 0.25) is 5.15 Å². The predicted octanol–water partition coefficient (Wildman–Crippen LogP) is 4.12. The van der Waals surface area contributed by atoms with Crippen LogP contribution in [-0.2, 0) is 6.54 Å². The second kappa shape index (κ2) is 5.28. The smallest absolute Gasteiger partial charge is 0.170 e. The molecule has 4 nitrogen and oxygen atoms in total. The molecule has 0 fully saturated rings. The van der Waals surface area contributed by atoms with Gasteiger partial charge < -0.3 is 14.8 Å². The van der Waals surface area contributed by atoms with E-state index in [1.165, 1.54) is 6.07 Å². The van der Waals surface area contributed by atoms with E-state index in [0.29, 0.717) is 46.5 Å². The Kier molecular flexibility index (Phi) is 3.38. The van der Waals surface area contributed by atoms with Gasteiger partial charge in [-0.15, -0.1) is 0 Å². The maximum atomic E-state index is 14.2. The second-order valence-electron chi connectivity index (χ2n) is 5.22. The lowest BCUT2D eigenvalue weighted by Gasteiger charge is -2.13. The summed E-state index contributed by atoms with van der Waals surface area (Å²) in [6.45, 7) is 1.19. The number of pyridine rings is 1. The van der Waals surface area contributed by atoms with Gasteiger partial charge in [0.15, 0.2) is 11.6 Å². The van der Waals surface area contributed by atoms with E-state index in [1.54, 1.807) is 12.1 Å². The number of anilines is 1. The van der Waals surface area contributed by atoms with E-state index >= 15 is 0 Å². The maximum absolute atomic E-state index is 14.2. The van der Waals surface area contributed by atoms with E-state index in [0.717, 1.165) is 11.3 Å². The van der Waals surface area contributed by atoms with Crippen LogP contribution in [-0.4, -0.2) is 18.2 Å². The van der Waals surface area contributed by atoms with Gasteiger partial charge in [-0.2, -0.15) is 0 Å². The number of benzene rings is 1. The van der Waals surface area contributed by atoms with E-state index in [9.17, 15) is 4.39 Å². The molecule has 0 saturated carbocycles. The Morgan fingerprint density at radius 3 is 2.86 bits per heavy atom. The highest BCUT2D eigenvalue weighted by atomic mass is 79.9. The average Bonchev–Trinajstić information content (AvgIpc) is 2.92. The number of hydrogen-bond acceptors (Lipinski definition) is 4. The zero-order valence-corrected chi connectivity index (χ0v) is 13.7. The molecule has 1 aromatic carbocycles. The van der Waals surface area contributed by atoms with E-state index in [4.69, 9.17) is 21.1 Å². The number of hydrogen-bond donors (Lipinski definition) is 1. The first-order valence-corrected chi connectivity index (χ1v) is 7.97. The van der Waals surface area contributed by atoms with Gasteiger partial charge in [0, 0.05) is 23.7 Å². The first-order valence-electron chi connectivity index (χ1n) is 6.80. The second-order valence-corrected chi connectivity index (χ2v) is 6.43. The molecular weight excluding hydrogens is 375 g/mol. The van der Waals surface area contributed by atoms with Gasteiger partial charge in [-0.3, -0.25) is 0 Å². The largest absolute Gasteiger partial charge is 0.493 e. The number of nitrogens with one attached hydrogen (secondary N) is 1. The third-order valence-corrected chi connectivity index (χ3v) is 5.00. The summed E-state index contributed by atoms with van der Waals surface area (Å²) in [5, 5.41) is 3.44. The molecule has 22 heavy (non-hydrogen) atoms. The van der Waals surface area contributed by atoms with Crippen molar-refractivity contribution in [1.82, 2.24) is 4.98 Å². The Morgan fingerprint density at radius 1 is 1.27 bits per heavy atom. The molecule has 1 aromatic heterocycles. The molecule has 2 aliphatic rings. The molecule has 2 aromatic rings. The standard InChI is InChI=1S/C15H11BrClFN2O2/c16-9-3-12-15(20-14(9)17)19-4-8-10(18)1-2-11-13(8)7(5-21-11)6-22-12/h1-3,7H,4-6H2,(H,19,20)/t7-/m1/s1. The molecule has 4 rings (SSSR count). The summed E-state index contributed by atoms with van der Waals surface area (Å²) >= 11 is 9.36. The number of fused-ring (bicyclic) bond motifs is 1. The fourth-order valence-electron chi connectivity index (χ4n) is 2.82. The van der Waals surface area contributed by atoms with E-state index < -0.39 is 0 Å². The fraction of sp³-hybridized carbons (Fsp3) is 0.267. The first-order chi connectivity index (χ1) is 10.6. The number of aromatic nitrogens is 1. The van der Waals surface area contributed by atoms with Crippen LogP contribution in [0.1, 0.15) is 17.0 Å². The molecular formula is C15H11BrClFN2O2. The molecule has 0 spiro atoms. The molecule has 0 saturated heterocycles. The Labute approximate surface area is 139 Å². The molecule has 114 valence electrons. The Balaban J connectivity index is 1.81. The Hall–Kier alpha value is -1.53. The van der Waals surface area contributed by atoms with Gasteiger partial charge >= 0.3 is 0 Å². The van der Waals surface area contributed by atoms with Crippen LogP contribution in [0.25, 0.3) is 0 Å². The molecule has 0 unspecified atom stereocenters. The lowest BCUT2D eigenvalue weighted by molar-refractivity contribution is 0.249. The highest BCUT2D eigenvalue weighted by Gasteiger charge is 2.31. The normalized spacial score (nSPS) is 18.8. The highest BCUT2D eigenvalue weighted by Crippen LogP contribution is 2.41. The van der Waals surface area contributed by atoms with Crippen LogP contribution in [0.4, 0.5) is 10.2 Å². The molecule has 1 N–H and O–H groups in total. The van der Waals surface area contributed by atoms with Gasteiger partial charge in [0.05, 0.1) is 23.6 Å². The van der Waals surface area contributed by atoms with Crippen molar-refractivity contribution in [2.75, 3.05) is 18.5 Å². The van der Waals surface area contributed by atoms with Crippen molar-refractivity contribution in [2.24, 2.45) is 0 Å². The minimum absolute atomic E-state index is 0.00269. The molecule has 0 amide bonds. The third kappa shape index (κ3) is 2.21. The van der Waals surface area contributed by atoms with Crippen molar-refractivity contribution in [2.45, 2.75) is 12.5 Å². The van der Waals surface area contributed by atoms with Crippen molar-refractivity contribution < 1.29 is 13.9 Å². The summed E-state index contributed by atoms with van der Waals surface area (Å²) in [7, 11) is 0. The number of nitrogens with zero attached hydrogens (tertiary/aromatic N) is 1. The lowest BCUT2D eigenvalue weighted by Crippen LogP contribution is -2.12. The number of rotatable bonds is 0. The van der Waals surface area contributed by atoms with Crippen molar-refractivity contribution in [1.29, 1.82) is 0 Å². The molecule has 2 aliphatic heterocycles. The van der Waals surface area contributed by atoms with Gasteiger partial charge in [-0.25, -0.2) is 9.37 Å². The van der Waals surface area contributed by atoms with Crippen LogP contribution in [0.3, 0.4) is 0 Å². The van der Waals surface area contributed by atoms with Gasteiger partial charge in [0.1, 0.15) is 16.7 Å². The van der Waals surface area contributed by atoms with Crippen LogP contribution < -0.4 is 14.8 Å². The Bertz CT molecular complexity index is 772. The van der Waals surface area contributed by atoms with Gasteiger partial charge in [-0.05, 0) is 28.1 Å². The molecule has 0 aliphatic carbocycles. The van der Waals surface area contributed by atoms with E-state index in [2.05, 4.69) is 26.2 Å². The summed E-state index contributed by atoms with van der Waals surface area (Å²) in [4.78, 5) is 4.25. The topological polar surface area (TPSA) is 43.4 Å². The summed E-state index contributed by atoms with van der Waals surface area (Å²) in [6, 6.07) is 4.87. The molecule has 0 bridgehead atoms. The fourth-order valence-corrected chi connectivity index (χ4v) is 3.26. The number of halogens is 3. The summed E-state index contributed by atoms with van der Waals surface area (Å²) in [6.07, 6.45) is 0. The summed E-state index contributed by atoms with van der Waals surface area (Å²) < 4.78 is 26.4. The molecule has 1 atom stereocenters. The van der Waals surface area contributed by atoms with Gasteiger partial charge in [0.2, 0.25) is 0 Å². The molecule has 0 radical (unpaired) electrons. The average molecular weight is 386 g/mol. The lowest BCUT2D eigenvalue weighted by atomic mass is 9.96. The van der Waals surface area contributed by atoms with Crippen molar-refractivity contribution in [3.05, 3.63) is 44.8 Å². The highest BCUT2D eigenvalue weighted by molar-refractivity contribution is 9.10. The quantitative estimate of drug-likeness (QED) is 0.693. The van der Waals surface area contributed by atoms with Crippen LogP contribution in [0.15, 0.2) is 22.7 Å². The van der Waals surface area contributed by atoms with Gasteiger partial charge in [0.25, 0.3) is 0 Å². The summed E-state index contributed by atoms with van der Waals surface area (Å²) in [5.41, 5.74) is 1.47. The van der Waals surface area contributed by atoms with E-state index in [1.807, 2.05) is 0 Å². The van der Waals surface area contributed by atoms with Crippen molar-refractivity contribution in [3.63, 3.8) is 0 Å². The minimum atomic E-state index is -0.256. The maximum Gasteiger partial charge on any atom is 0.170 e. The third-order valence-electron chi connectivity index (χ3n) is 3.88. The predicted molar refractivity (Wildman–Crippen MR) is 84.4 cm³/mol. The van der Waals surface area contributed by atoms with Crippen LogP contribution in [0, 0.1) is 5.82 Å².